The Labute approximate surface area is 277 Å². The maximum atomic E-state index is 6.93. The molecule has 8 aromatic carbocycles. The lowest BCUT2D eigenvalue weighted by molar-refractivity contribution is 0.636. The van der Waals surface area contributed by atoms with Crippen molar-refractivity contribution in [1.82, 2.24) is 4.57 Å². The molecule has 0 atom stereocenters. The van der Waals surface area contributed by atoms with Gasteiger partial charge in [-0.25, -0.2) is 0 Å². The summed E-state index contributed by atoms with van der Waals surface area (Å²) in [7, 11) is 0. The Morgan fingerprint density at radius 1 is 0.354 bits per heavy atom. The van der Waals surface area contributed by atoms with Gasteiger partial charge in [0, 0.05) is 38.4 Å². The Balaban J connectivity index is 1.21. The van der Waals surface area contributed by atoms with Crippen molar-refractivity contribution in [3.05, 3.63) is 176 Å². The molecule has 224 valence electrons. The van der Waals surface area contributed by atoms with E-state index in [4.69, 9.17) is 4.42 Å². The van der Waals surface area contributed by atoms with E-state index in [1.807, 2.05) is 0 Å². The Morgan fingerprint density at radius 2 is 0.875 bits per heavy atom. The van der Waals surface area contributed by atoms with E-state index in [0.29, 0.717) is 0 Å². The lowest BCUT2D eigenvalue weighted by Gasteiger charge is -2.12. The molecule has 0 saturated heterocycles. The predicted molar refractivity (Wildman–Crippen MR) is 202 cm³/mol. The number of para-hydroxylation sites is 2. The van der Waals surface area contributed by atoms with Crippen molar-refractivity contribution in [3.63, 3.8) is 0 Å². The summed E-state index contributed by atoms with van der Waals surface area (Å²) in [6.07, 6.45) is 0. The minimum atomic E-state index is 0.899. The number of fused-ring (bicyclic) bond motifs is 9. The first-order valence-corrected chi connectivity index (χ1v) is 16.4. The minimum absolute atomic E-state index is 0.899. The standard InChI is InChI=1S/C46H29NO/c1-3-13-31(14-4-1)43-44-40-29-33(25-28-36(40)35-17-7-8-20-39(35)46(44)48-45(43)32-15-5-2-6-16-32)30-23-26-34(27-24-30)47-41-21-11-9-18-37(41)38-19-10-12-22-42(38)47/h1-29H. The molecule has 10 rings (SSSR count). The summed E-state index contributed by atoms with van der Waals surface area (Å²) in [4.78, 5) is 0. The molecule has 0 radical (unpaired) electrons. The number of rotatable bonds is 4. The highest BCUT2D eigenvalue weighted by atomic mass is 16.3. The fourth-order valence-electron chi connectivity index (χ4n) is 7.64. The zero-order valence-corrected chi connectivity index (χ0v) is 26.1. The van der Waals surface area contributed by atoms with Crippen LogP contribution < -0.4 is 0 Å². The van der Waals surface area contributed by atoms with Crippen molar-refractivity contribution < 1.29 is 4.42 Å². The van der Waals surface area contributed by atoms with Crippen molar-refractivity contribution in [2.24, 2.45) is 0 Å². The van der Waals surface area contributed by atoms with Crippen molar-refractivity contribution in [3.8, 4) is 39.3 Å². The van der Waals surface area contributed by atoms with Gasteiger partial charge in [-0.15, -0.1) is 0 Å². The summed E-state index contributed by atoms with van der Waals surface area (Å²) in [5, 5.41) is 8.43. The van der Waals surface area contributed by atoms with E-state index in [9.17, 15) is 0 Å². The molecule has 0 N–H and O–H groups in total. The van der Waals surface area contributed by atoms with Gasteiger partial charge in [0.15, 0.2) is 0 Å². The van der Waals surface area contributed by atoms with E-state index in [2.05, 4.69) is 180 Å². The molecule has 10 aromatic rings. The molecule has 0 spiro atoms. The molecule has 48 heavy (non-hydrogen) atoms. The second-order valence-corrected chi connectivity index (χ2v) is 12.5. The van der Waals surface area contributed by atoms with Crippen LogP contribution in [0.15, 0.2) is 180 Å². The Kier molecular flexibility index (Phi) is 5.91. The van der Waals surface area contributed by atoms with Crippen LogP contribution >= 0.6 is 0 Å². The van der Waals surface area contributed by atoms with Gasteiger partial charge in [0.25, 0.3) is 0 Å². The molecule has 0 aliphatic heterocycles. The smallest absolute Gasteiger partial charge is 0.143 e. The summed E-state index contributed by atoms with van der Waals surface area (Å²) in [6, 6.07) is 63.0. The van der Waals surface area contributed by atoms with Crippen LogP contribution in [0.25, 0.3) is 93.6 Å². The van der Waals surface area contributed by atoms with Gasteiger partial charge in [-0.05, 0) is 63.2 Å². The third-order valence-corrected chi connectivity index (χ3v) is 9.80. The third kappa shape index (κ3) is 4.00. The minimum Gasteiger partial charge on any atom is -0.455 e. The zero-order chi connectivity index (χ0) is 31.6. The van der Waals surface area contributed by atoms with E-state index in [0.717, 1.165) is 44.5 Å². The molecule has 0 unspecified atom stereocenters. The van der Waals surface area contributed by atoms with Crippen LogP contribution in [-0.4, -0.2) is 4.57 Å². The van der Waals surface area contributed by atoms with Gasteiger partial charge in [0.05, 0.1) is 11.0 Å². The number of benzene rings is 8. The first-order valence-electron chi connectivity index (χ1n) is 16.4. The van der Waals surface area contributed by atoms with E-state index in [-0.39, 0.29) is 0 Å². The summed E-state index contributed by atoms with van der Waals surface area (Å²) in [5.74, 6) is 0.899. The maximum absolute atomic E-state index is 6.93. The summed E-state index contributed by atoms with van der Waals surface area (Å²) in [5.41, 5.74) is 10.2. The van der Waals surface area contributed by atoms with Gasteiger partial charge in [-0.3, -0.25) is 0 Å². The molecule has 0 aliphatic rings. The van der Waals surface area contributed by atoms with Crippen molar-refractivity contribution >= 4 is 54.3 Å². The van der Waals surface area contributed by atoms with Gasteiger partial charge < -0.3 is 8.98 Å². The molecule has 2 heteroatoms. The number of nitrogens with zero attached hydrogens (tertiary/aromatic N) is 1. The molecule has 2 nitrogen and oxygen atoms in total. The summed E-state index contributed by atoms with van der Waals surface area (Å²) < 4.78 is 9.30. The number of aromatic nitrogens is 1. The summed E-state index contributed by atoms with van der Waals surface area (Å²) >= 11 is 0. The molecule has 0 amide bonds. The number of hydrogen-bond donors (Lipinski definition) is 0. The lowest BCUT2D eigenvalue weighted by Crippen LogP contribution is -1.93. The normalized spacial score (nSPS) is 11.8. The second kappa shape index (κ2) is 10.6. The highest BCUT2D eigenvalue weighted by Crippen LogP contribution is 2.48. The largest absolute Gasteiger partial charge is 0.455 e. The average Bonchev–Trinajstić information content (AvgIpc) is 3.73. The first kappa shape index (κ1) is 26.8. The maximum Gasteiger partial charge on any atom is 0.143 e. The van der Waals surface area contributed by atoms with Gasteiger partial charge in [-0.2, -0.15) is 0 Å². The van der Waals surface area contributed by atoms with Gasteiger partial charge >= 0.3 is 0 Å². The third-order valence-electron chi connectivity index (χ3n) is 9.80. The van der Waals surface area contributed by atoms with Crippen LogP contribution in [0.5, 0.6) is 0 Å². The van der Waals surface area contributed by atoms with Crippen LogP contribution in [0.3, 0.4) is 0 Å². The van der Waals surface area contributed by atoms with Crippen molar-refractivity contribution in [2.45, 2.75) is 0 Å². The van der Waals surface area contributed by atoms with Gasteiger partial charge in [0.1, 0.15) is 11.3 Å². The predicted octanol–water partition coefficient (Wildman–Crippen LogP) is 12.8. The van der Waals surface area contributed by atoms with Crippen LogP contribution in [0, 0.1) is 0 Å². The van der Waals surface area contributed by atoms with Gasteiger partial charge in [-0.1, -0.05) is 146 Å². The van der Waals surface area contributed by atoms with Crippen molar-refractivity contribution in [2.75, 3.05) is 0 Å². The van der Waals surface area contributed by atoms with Crippen LogP contribution in [0.2, 0.25) is 0 Å². The number of hydrogen-bond acceptors (Lipinski definition) is 1. The summed E-state index contributed by atoms with van der Waals surface area (Å²) in [6.45, 7) is 0. The lowest BCUT2D eigenvalue weighted by atomic mass is 9.90. The fourth-order valence-corrected chi connectivity index (χ4v) is 7.64. The quantitative estimate of drug-likeness (QED) is 0.181. The molecular weight excluding hydrogens is 583 g/mol. The van der Waals surface area contributed by atoms with Gasteiger partial charge in [0.2, 0.25) is 0 Å². The zero-order valence-electron chi connectivity index (χ0n) is 26.1. The highest BCUT2D eigenvalue weighted by Gasteiger charge is 2.23. The Bertz CT molecular complexity index is 2750. The van der Waals surface area contributed by atoms with Crippen LogP contribution in [-0.2, 0) is 0 Å². The monoisotopic (exact) mass is 611 g/mol. The Hall–Kier alpha value is -6.38. The molecule has 0 saturated carbocycles. The molecule has 2 aromatic heterocycles. The van der Waals surface area contributed by atoms with E-state index < -0.39 is 0 Å². The Morgan fingerprint density at radius 3 is 1.54 bits per heavy atom. The molecule has 0 fully saturated rings. The van der Waals surface area contributed by atoms with E-state index >= 15 is 0 Å². The molecule has 0 aliphatic carbocycles. The van der Waals surface area contributed by atoms with Crippen molar-refractivity contribution in [1.29, 1.82) is 0 Å². The molecule has 2 heterocycles. The topological polar surface area (TPSA) is 18.1 Å². The number of furan rings is 1. The fraction of sp³-hybridized carbons (Fsp3) is 0. The second-order valence-electron chi connectivity index (χ2n) is 12.5. The molecular formula is C46H29NO. The van der Waals surface area contributed by atoms with E-state index in [1.54, 1.807) is 0 Å². The SMILES string of the molecule is c1ccc(-c2oc3c4ccccc4c4ccc(-c5ccc(-n6c7ccccc7c7ccccc76)cc5)cc4c3c2-c2ccccc2)cc1. The molecule has 0 bridgehead atoms. The average molecular weight is 612 g/mol. The van der Waals surface area contributed by atoms with E-state index in [1.165, 1.54) is 49.1 Å². The van der Waals surface area contributed by atoms with Crippen LogP contribution in [0.1, 0.15) is 0 Å². The first-order chi connectivity index (χ1) is 23.8. The van der Waals surface area contributed by atoms with Crippen LogP contribution in [0.4, 0.5) is 0 Å². The highest BCUT2D eigenvalue weighted by molar-refractivity contribution is 6.29.